The van der Waals surface area contributed by atoms with Gasteiger partial charge in [0.1, 0.15) is 0 Å². The molecule has 4 atom stereocenters. The number of rotatable bonds is 0. The van der Waals surface area contributed by atoms with Crippen molar-refractivity contribution in [1.29, 1.82) is 0 Å². The second-order valence-corrected chi connectivity index (χ2v) is 7.76. The number of carbonyl (C=O) groups is 1. The lowest BCUT2D eigenvalue weighted by Gasteiger charge is -2.58. The van der Waals surface area contributed by atoms with Gasteiger partial charge in [0.2, 0.25) is 5.79 Å². The molecule has 3 aliphatic rings. The van der Waals surface area contributed by atoms with Gasteiger partial charge < -0.3 is 14.9 Å². The van der Waals surface area contributed by atoms with E-state index >= 15 is 0 Å². The smallest absolute Gasteiger partial charge is 0.336 e. The first-order valence-corrected chi connectivity index (χ1v) is 7.44. The van der Waals surface area contributed by atoms with Crippen LogP contribution in [0.4, 0.5) is 0 Å². The number of aliphatic hydroxyl groups excluding tert-OH is 1. The number of esters is 1. The maximum absolute atomic E-state index is 11.8. The molecule has 3 rings (SSSR count). The minimum Gasteiger partial charge on any atom is -0.426 e. The molecule has 1 heterocycles. The Morgan fingerprint density at radius 3 is 2.60 bits per heavy atom. The second-order valence-electron chi connectivity index (χ2n) is 7.76. The third kappa shape index (κ3) is 1.64. The molecule has 112 valence electrons. The molecule has 0 aromatic heterocycles. The Balaban J connectivity index is 2.08. The van der Waals surface area contributed by atoms with Gasteiger partial charge >= 0.3 is 5.97 Å². The van der Waals surface area contributed by atoms with Crippen molar-refractivity contribution < 1.29 is 19.7 Å². The van der Waals surface area contributed by atoms with Crippen LogP contribution in [0.5, 0.6) is 0 Å². The van der Waals surface area contributed by atoms with Crippen LogP contribution in [0, 0.1) is 16.7 Å². The van der Waals surface area contributed by atoms with Crippen LogP contribution in [0.3, 0.4) is 0 Å². The van der Waals surface area contributed by atoms with Crippen LogP contribution in [0.1, 0.15) is 53.4 Å². The van der Waals surface area contributed by atoms with E-state index in [0.29, 0.717) is 18.4 Å². The second kappa shape index (κ2) is 3.86. The largest absolute Gasteiger partial charge is 0.426 e. The van der Waals surface area contributed by atoms with Crippen LogP contribution in [0.15, 0.2) is 11.1 Å². The predicted octanol–water partition coefficient (Wildman–Crippen LogP) is 2.15. The summed E-state index contributed by atoms with van der Waals surface area (Å²) in [7, 11) is 0. The zero-order valence-electron chi connectivity index (χ0n) is 12.7. The summed E-state index contributed by atoms with van der Waals surface area (Å²) in [5, 5.41) is 21.2. The Morgan fingerprint density at radius 1 is 1.30 bits per heavy atom. The van der Waals surface area contributed by atoms with Crippen molar-refractivity contribution >= 4 is 5.97 Å². The molecule has 0 aromatic carbocycles. The Morgan fingerprint density at radius 2 is 1.95 bits per heavy atom. The highest BCUT2D eigenvalue weighted by atomic mass is 16.7. The van der Waals surface area contributed by atoms with Crippen molar-refractivity contribution in [3.8, 4) is 0 Å². The van der Waals surface area contributed by atoms with Gasteiger partial charge in [0.05, 0.1) is 6.10 Å². The van der Waals surface area contributed by atoms with E-state index in [9.17, 15) is 15.0 Å². The molecule has 2 saturated carbocycles. The molecule has 20 heavy (non-hydrogen) atoms. The van der Waals surface area contributed by atoms with Crippen LogP contribution < -0.4 is 0 Å². The highest BCUT2D eigenvalue weighted by molar-refractivity contribution is 5.92. The fourth-order valence-corrected chi connectivity index (χ4v) is 4.77. The monoisotopic (exact) mass is 280 g/mol. The Labute approximate surface area is 119 Å². The summed E-state index contributed by atoms with van der Waals surface area (Å²) in [6.45, 7) is 8.20. The fraction of sp³-hybridized carbons (Fsp3) is 0.812. The SMILES string of the molecule is CC1=C2CC3C(C)(C)CCC(O)C3(C)CC2(O)OC1=O. The number of hydrogen-bond donors (Lipinski definition) is 2. The fourth-order valence-electron chi connectivity index (χ4n) is 4.77. The average molecular weight is 280 g/mol. The number of aliphatic hydroxyl groups is 2. The first-order valence-electron chi connectivity index (χ1n) is 7.44. The molecule has 0 spiro atoms. The first-order chi connectivity index (χ1) is 9.10. The molecule has 4 nitrogen and oxygen atoms in total. The lowest BCUT2D eigenvalue weighted by Crippen LogP contribution is -2.58. The van der Waals surface area contributed by atoms with Crippen molar-refractivity contribution in [3.05, 3.63) is 11.1 Å². The lowest BCUT2D eigenvalue weighted by atomic mass is 9.49. The van der Waals surface area contributed by atoms with Gasteiger partial charge in [-0.25, -0.2) is 4.79 Å². The van der Waals surface area contributed by atoms with E-state index in [1.807, 2.05) is 6.92 Å². The van der Waals surface area contributed by atoms with Gasteiger partial charge in [0, 0.05) is 23.0 Å². The third-order valence-electron chi connectivity index (χ3n) is 6.08. The highest BCUT2D eigenvalue weighted by Gasteiger charge is 2.62. The molecule has 2 aliphatic carbocycles. The molecule has 2 fully saturated rings. The summed E-state index contributed by atoms with van der Waals surface area (Å²) in [4.78, 5) is 11.8. The molecule has 0 bridgehead atoms. The van der Waals surface area contributed by atoms with Gasteiger partial charge in [-0.3, -0.25) is 0 Å². The van der Waals surface area contributed by atoms with E-state index in [-0.39, 0.29) is 11.3 Å². The Kier molecular flexibility index (Phi) is 2.72. The lowest BCUT2D eigenvalue weighted by molar-refractivity contribution is -0.229. The normalized spacial score (nSPS) is 46.8. The van der Waals surface area contributed by atoms with Gasteiger partial charge in [0.25, 0.3) is 0 Å². The zero-order valence-corrected chi connectivity index (χ0v) is 12.7. The molecule has 2 N–H and O–H groups in total. The zero-order chi connectivity index (χ0) is 14.9. The molecule has 0 aromatic rings. The minimum absolute atomic E-state index is 0.0915. The molecular formula is C16H24O4. The van der Waals surface area contributed by atoms with Gasteiger partial charge in [-0.05, 0) is 37.5 Å². The van der Waals surface area contributed by atoms with Crippen LogP contribution in [-0.2, 0) is 9.53 Å². The van der Waals surface area contributed by atoms with Crippen molar-refractivity contribution in [2.75, 3.05) is 0 Å². The molecule has 0 amide bonds. The summed E-state index contributed by atoms with van der Waals surface area (Å²) in [6, 6.07) is 0. The molecule has 0 radical (unpaired) electrons. The summed E-state index contributed by atoms with van der Waals surface area (Å²) in [5.74, 6) is -1.67. The van der Waals surface area contributed by atoms with E-state index in [1.165, 1.54) is 0 Å². The first kappa shape index (κ1) is 14.1. The van der Waals surface area contributed by atoms with Crippen molar-refractivity contribution in [3.63, 3.8) is 0 Å². The van der Waals surface area contributed by atoms with Gasteiger partial charge in [-0.15, -0.1) is 0 Å². The van der Waals surface area contributed by atoms with Gasteiger partial charge in [-0.1, -0.05) is 20.8 Å². The maximum Gasteiger partial charge on any atom is 0.336 e. The number of hydrogen-bond acceptors (Lipinski definition) is 4. The third-order valence-corrected chi connectivity index (χ3v) is 6.08. The van der Waals surface area contributed by atoms with Gasteiger partial charge in [0.15, 0.2) is 0 Å². The highest BCUT2D eigenvalue weighted by Crippen LogP contribution is 2.62. The van der Waals surface area contributed by atoms with E-state index in [1.54, 1.807) is 6.92 Å². The van der Waals surface area contributed by atoms with Crippen molar-refractivity contribution in [2.45, 2.75) is 65.3 Å². The van der Waals surface area contributed by atoms with Crippen LogP contribution in [0.2, 0.25) is 0 Å². The number of fused-ring (bicyclic) bond motifs is 2. The molecular weight excluding hydrogens is 256 g/mol. The van der Waals surface area contributed by atoms with E-state index < -0.39 is 23.3 Å². The predicted molar refractivity (Wildman–Crippen MR) is 73.6 cm³/mol. The summed E-state index contributed by atoms with van der Waals surface area (Å²) in [5.41, 5.74) is 0.955. The Hall–Kier alpha value is -0.870. The van der Waals surface area contributed by atoms with Crippen LogP contribution >= 0.6 is 0 Å². The minimum atomic E-state index is -1.50. The van der Waals surface area contributed by atoms with E-state index in [4.69, 9.17) is 4.74 Å². The maximum atomic E-state index is 11.8. The Bertz CT molecular complexity index is 507. The van der Waals surface area contributed by atoms with E-state index in [0.717, 1.165) is 18.4 Å². The summed E-state index contributed by atoms with van der Waals surface area (Å²) < 4.78 is 5.23. The average Bonchev–Trinajstić information content (AvgIpc) is 2.53. The van der Waals surface area contributed by atoms with Crippen molar-refractivity contribution in [1.82, 2.24) is 0 Å². The molecule has 1 aliphatic heterocycles. The van der Waals surface area contributed by atoms with Crippen LogP contribution in [-0.4, -0.2) is 28.1 Å². The van der Waals surface area contributed by atoms with Crippen molar-refractivity contribution in [2.24, 2.45) is 16.7 Å². The number of ether oxygens (including phenoxy) is 1. The summed E-state index contributed by atoms with van der Waals surface area (Å²) in [6.07, 6.45) is 2.18. The summed E-state index contributed by atoms with van der Waals surface area (Å²) >= 11 is 0. The number of carbonyl (C=O) groups excluding carboxylic acids is 1. The van der Waals surface area contributed by atoms with Crippen LogP contribution in [0.25, 0.3) is 0 Å². The molecule has 4 heteroatoms. The molecule has 0 saturated heterocycles. The topological polar surface area (TPSA) is 66.8 Å². The molecule has 4 unspecified atom stereocenters. The quantitative estimate of drug-likeness (QED) is 0.667. The van der Waals surface area contributed by atoms with Gasteiger partial charge in [-0.2, -0.15) is 0 Å². The standard InChI is InChI=1S/C16H24O4/c1-9-10-7-11-14(2,3)6-5-12(17)15(11,4)8-16(10,19)20-13(9)18/h11-12,17,19H,5-8H2,1-4H3. The van der Waals surface area contributed by atoms with E-state index in [2.05, 4.69) is 13.8 Å².